The van der Waals surface area contributed by atoms with E-state index in [1.807, 2.05) is 6.92 Å². The third-order valence-corrected chi connectivity index (χ3v) is 3.83. The van der Waals surface area contributed by atoms with Crippen molar-refractivity contribution in [3.05, 3.63) is 30.1 Å². The Labute approximate surface area is 106 Å². The number of sulfonamides is 1. The van der Waals surface area contributed by atoms with Crippen molar-refractivity contribution in [1.29, 1.82) is 5.41 Å². The Kier molecular flexibility index (Phi) is 4.80. The number of benzene rings is 1. The second-order valence-electron chi connectivity index (χ2n) is 3.88. The Hall–Kier alpha value is -1.47. The number of amidine groups is 1. The van der Waals surface area contributed by atoms with Crippen LogP contribution >= 0.6 is 0 Å². The molecule has 0 aliphatic carbocycles. The summed E-state index contributed by atoms with van der Waals surface area (Å²) in [5, 5.41) is 7.32. The molecule has 0 aliphatic rings. The van der Waals surface area contributed by atoms with E-state index in [0.717, 1.165) is 12.1 Å². The largest absolute Gasteiger partial charge is 0.386 e. The third-order valence-electron chi connectivity index (χ3n) is 2.36. The molecule has 1 atom stereocenters. The Morgan fingerprint density at radius 3 is 2.72 bits per heavy atom. The molecule has 0 heterocycles. The lowest BCUT2D eigenvalue weighted by Gasteiger charge is -2.16. The average molecular weight is 273 g/mol. The summed E-state index contributed by atoms with van der Waals surface area (Å²) < 4.78 is 39.2. The van der Waals surface area contributed by atoms with Gasteiger partial charge in [-0.3, -0.25) is 5.41 Å². The van der Waals surface area contributed by atoms with Crippen LogP contribution in [0.3, 0.4) is 0 Å². The molecule has 0 amide bonds. The Morgan fingerprint density at radius 1 is 1.56 bits per heavy atom. The summed E-state index contributed by atoms with van der Waals surface area (Å²) in [6.07, 6.45) is 1.10. The summed E-state index contributed by atoms with van der Waals surface area (Å²) >= 11 is 0. The smallest absolute Gasteiger partial charge is 0.241 e. The van der Waals surface area contributed by atoms with Crippen molar-refractivity contribution in [2.45, 2.75) is 30.7 Å². The standard InChI is InChI=1S/C11H16FN3O2S/c1-2-4-10(11(13)14)15-18(16,17)9-6-3-5-8(12)7-9/h3,5-7,10,15H,2,4H2,1H3,(H3,13,14). The number of halogens is 1. The first-order valence-corrected chi connectivity index (χ1v) is 6.97. The number of rotatable bonds is 6. The van der Waals surface area contributed by atoms with Gasteiger partial charge in [0.1, 0.15) is 11.7 Å². The zero-order chi connectivity index (χ0) is 13.8. The first-order chi connectivity index (χ1) is 8.36. The first-order valence-electron chi connectivity index (χ1n) is 5.48. The quantitative estimate of drug-likeness (QED) is 0.537. The average Bonchev–Trinajstić information content (AvgIpc) is 2.28. The summed E-state index contributed by atoms with van der Waals surface area (Å²) in [5.41, 5.74) is 5.32. The van der Waals surface area contributed by atoms with Crippen LogP contribution in [-0.2, 0) is 10.0 Å². The second-order valence-corrected chi connectivity index (χ2v) is 5.59. The maximum absolute atomic E-state index is 13.0. The minimum absolute atomic E-state index is 0.176. The summed E-state index contributed by atoms with van der Waals surface area (Å²) in [6.45, 7) is 1.85. The van der Waals surface area contributed by atoms with Gasteiger partial charge in [0.05, 0.1) is 10.9 Å². The summed E-state index contributed by atoms with van der Waals surface area (Å²) in [4.78, 5) is -0.176. The summed E-state index contributed by atoms with van der Waals surface area (Å²) in [7, 11) is -3.86. The molecule has 0 saturated carbocycles. The number of hydrogen-bond acceptors (Lipinski definition) is 3. The van der Waals surface area contributed by atoms with Gasteiger partial charge in [0.25, 0.3) is 0 Å². The highest BCUT2D eigenvalue weighted by molar-refractivity contribution is 7.89. The van der Waals surface area contributed by atoms with Crippen LogP contribution in [0.1, 0.15) is 19.8 Å². The van der Waals surface area contributed by atoms with E-state index < -0.39 is 21.9 Å². The molecule has 5 nitrogen and oxygen atoms in total. The highest BCUT2D eigenvalue weighted by Crippen LogP contribution is 2.12. The number of hydrogen-bond donors (Lipinski definition) is 3. The fraction of sp³-hybridized carbons (Fsp3) is 0.364. The highest BCUT2D eigenvalue weighted by Gasteiger charge is 2.21. The molecule has 0 aliphatic heterocycles. The molecule has 1 aromatic carbocycles. The van der Waals surface area contributed by atoms with E-state index in [4.69, 9.17) is 11.1 Å². The van der Waals surface area contributed by atoms with Crippen LogP contribution in [0.5, 0.6) is 0 Å². The fourth-order valence-electron chi connectivity index (χ4n) is 1.46. The van der Waals surface area contributed by atoms with Gasteiger partial charge in [0.2, 0.25) is 10.0 Å². The van der Waals surface area contributed by atoms with Crippen LogP contribution in [0.4, 0.5) is 4.39 Å². The van der Waals surface area contributed by atoms with Crippen molar-refractivity contribution < 1.29 is 12.8 Å². The van der Waals surface area contributed by atoms with Crippen molar-refractivity contribution in [3.8, 4) is 0 Å². The molecule has 7 heteroatoms. The highest BCUT2D eigenvalue weighted by atomic mass is 32.2. The molecule has 0 spiro atoms. The van der Waals surface area contributed by atoms with E-state index in [2.05, 4.69) is 4.72 Å². The number of nitrogens with one attached hydrogen (secondary N) is 2. The lowest BCUT2D eigenvalue weighted by Crippen LogP contribution is -2.43. The van der Waals surface area contributed by atoms with Crippen LogP contribution in [0.15, 0.2) is 29.2 Å². The molecule has 0 radical (unpaired) electrons. The van der Waals surface area contributed by atoms with Crippen LogP contribution in [0.25, 0.3) is 0 Å². The lowest BCUT2D eigenvalue weighted by atomic mass is 10.2. The van der Waals surface area contributed by atoms with E-state index in [1.54, 1.807) is 0 Å². The van der Waals surface area contributed by atoms with E-state index >= 15 is 0 Å². The van der Waals surface area contributed by atoms with Gasteiger partial charge in [0, 0.05) is 0 Å². The van der Waals surface area contributed by atoms with Crippen molar-refractivity contribution >= 4 is 15.9 Å². The fourth-order valence-corrected chi connectivity index (χ4v) is 2.74. The van der Waals surface area contributed by atoms with Crippen molar-refractivity contribution in [3.63, 3.8) is 0 Å². The maximum Gasteiger partial charge on any atom is 0.241 e. The van der Waals surface area contributed by atoms with Gasteiger partial charge in [0.15, 0.2) is 0 Å². The predicted molar refractivity (Wildman–Crippen MR) is 67.3 cm³/mol. The first kappa shape index (κ1) is 14.6. The molecule has 100 valence electrons. The minimum atomic E-state index is -3.86. The van der Waals surface area contributed by atoms with Gasteiger partial charge in [-0.05, 0) is 24.6 Å². The summed E-state index contributed by atoms with van der Waals surface area (Å²) in [6, 6.07) is 3.92. The van der Waals surface area contributed by atoms with Crippen LogP contribution in [0.2, 0.25) is 0 Å². The van der Waals surface area contributed by atoms with Gasteiger partial charge in [-0.15, -0.1) is 0 Å². The van der Waals surface area contributed by atoms with Gasteiger partial charge in [-0.1, -0.05) is 19.4 Å². The maximum atomic E-state index is 13.0. The van der Waals surface area contributed by atoms with E-state index in [1.165, 1.54) is 12.1 Å². The molecule has 1 aromatic rings. The van der Waals surface area contributed by atoms with Gasteiger partial charge < -0.3 is 5.73 Å². The third kappa shape index (κ3) is 3.78. The van der Waals surface area contributed by atoms with Crippen molar-refractivity contribution in [2.24, 2.45) is 5.73 Å². The van der Waals surface area contributed by atoms with Crippen LogP contribution < -0.4 is 10.5 Å². The van der Waals surface area contributed by atoms with E-state index in [0.29, 0.717) is 12.8 Å². The molecule has 18 heavy (non-hydrogen) atoms. The zero-order valence-electron chi connectivity index (χ0n) is 9.98. The predicted octanol–water partition coefficient (Wildman–Crippen LogP) is 1.21. The molecule has 0 aromatic heterocycles. The molecule has 0 bridgehead atoms. The van der Waals surface area contributed by atoms with Crippen LogP contribution in [-0.4, -0.2) is 20.3 Å². The number of nitrogens with two attached hydrogens (primary N) is 1. The normalized spacial score (nSPS) is 13.2. The second kappa shape index (κ2) is 5.92. The topological polar surface area (TPSA) is 96.0 Å². The molecule has 1 rings (SSSR count). The Bertz CT molecular complexity index is 531. The summed E-state index contributed by atoms with van der Waals surface area (Å²) in [5.74, 6) is -0.885. The van der Waals surface area contributed by atoms with Gasteiger partial charge >= 0.3 is 0 Å². The monoisotopic (exact) mass is 273 g/mol. The Balaban J connectivity index is 2.97. The molecule has 0 saturated heterocycles. The molecular formula is C11H16FN3O2S. The molecule has 1 unspecified atom stereocenters. The minimum Gasteiger partial charge on any atom is -0.386 e. The van der Waals surface area contributed by atoms with E-state index in [-0.39, 0.29) is 10.7 Å². The molecular weight excluding hydrogens is 257 g/mol. The molecule has 0 fully saturated rings. The Morgan fingerprint density at radius 2 is 2.22 bits per heavy atom. The van der Waals surface area contributed by atoms with E-state index in [9.17, 15) is 12.8 Å². The van der Waals surface area contributed by atoms with Gasteiger partial charge in [-0.25, -0.2) is 17.5 Å². The van der Waals surface area contributed by atoms with Crippen molar-refractivity contribution in [1.82, 2.24) is 4.72 Å². The zero-order valence-corrected chi connectivity index (χ0v) is 10.8. The van der Waals surface area contributed by atoms with Crippen LogP contribution in [0, 0.1) is 11.2 Å². The lowest BCUT2D eigenvalue weighted by molar-refractivity contribution is 0.562. The molecule has 4 N–H and O–H groups in total. The van der Waals surface area contributed by atoms with Crippen molar-refractivity contribution in [2.75, 3.05) is 0 Å². The SMILES string of the molecule is CCCC(NS(=O)(=O)c1cccc(F)c1)C(=N)N. The van der Waals surface area contributed by atoms with Gasteiger partial charge in [-0.2, -0.15) is 0 Å².